The Morgan fingerprint density at radius 3 is 2.67 bits per heavy atom. The molecule has 5 nitrogen and oxygen atoms in total. The van der Waals surface area contributed by atoms with Crippen LogP contribution in [0.2, 0.25) is 0 Å². The number of hydrogen-bond donors (Lipinski definition) is 0. The second-order valence-corrected chi connectivity index (χ2v) is 5.82. The Morgan fingerprint density at radius 1 is 1.17 bits per heavy atom. The van der Waals surface area contributed by atoms with Crippen molar-refractivity contribution in [2.24, 2.45) is 0 Å². The number of ether oxygens (including phenoxy) is 1. The van der Waals surface area contributed by atoms with Crippen LogP contribution in [0.15, 0.2) is 42.0 Å². The lowest BCUT2D eigenvalue weighted by atomic mass is 9.86. The quantitative estimate of drug-likeness (QED) is 0.484. The summed E-state index contributed by atoms with van der Waals surface area (Å²) in [7, 11) is 1.60. The van der Waals surface area contributed by atoms with Gasteiger partial charge in [0.2, 0.25) is 0 Å². The molecular formula is C19H17NO4. The second-order valence-electron chi connectivity index (χ2n) is 5.82. The molecule has 0 saturated carbocycles. The molecule has 0 saturated heterocycles. The van der Waals surface area contributed by atoms with Crippen LogP contribution in [0.5, 0.6) is 5.75 Å². The lowest BCUT2D eigenvalue weighted by Crippen LogP contribution is -2.14. The first-order chi connectivity index (χ1) is 11.5. The summed E-state index contributed by atoms with van der Waals surface area (Å²) in [5.41, 5.74) is 3.67. The summed E-state index contributed by atoms with van der Waals surface area (Å²) in [6.45, 7) is 1.70. The van der Waals surface area contributed by atoms with Crippen LogP contribution in [0.1, 0.15) is 33.5 Å². The highest BCUT2D eigenvalue weighted by Gasteiger charge is 2.22. The molecule has 24 heavy (non-hydrogen) atoms. The number of fused-ring (bicyclic) bond motifs is 1. The van der Waals surface area contributed by atoms with Crippen LogP contribution in [0.4, 0.5) is 5.69 Å². The maximum atomic E-state index is 12.7. The molecule has 1 aliphatic carbocycles. The Labute approximate surface area is 139 Å². The molecule has 0 radical (unpaired) electrons. The summed E-state index contributed by atoms with van der Waals surface area (Å²) in [4.78, 5) is 23.3. The number of nitrogens with zero attached hydrogens (tertiary/aromatic N) is 1. The molecule has 2 aromatic rings. The molecule has 0 unspecified atom stereocenters. The lowest BCUT2D eigenvalue weighted by Gasteiger charge is -2.18. The first-order valence-electron chi connectivity index (χ1n) is 7.67. The van der Waals surface area contributed by atoms with Gasteiger partial charge < -0.3 is 4.74 Å². The average Bonchev–Trinajstić information content (AvgIpc) is 2.58. The predicted molar refractivity (Wildman–Crippen MR) is 91.5 cm³/mol. The summed E-state index contributed by atoms with van der Waals surface area (Å²) < 4.78 is 5.20. The van der Waals surface area contributed by atoms with E-state index < -0.39 is 4.92 Å². The first kappa shape index (κ1) is 15.9. The van der Waals surface area contributed by atoms with Crippen molar-refractivity contribution < 1.29 is 14.5 Å². The van der Waals surface area contributed by atoms with Crippen LogP contribution in [0.3, 0.4) is 0 Å². The van der Waals surface area contributed by atoms with Gasteiger partial charge in [-0.3, -0.25) is 14.9 Å². The van der Waals surface area contributed by atoms with Crippen LogP contribution in [0, 0.1) is 17.0 Å². The number of nitro groups is 1. The third kappa shape index (κ3) is 2.93. The molecule has 0 N–H and O–H groups in total. The molecule has 0 spiro atoms. The summed E-state index contributed by atoms with van der Waals surface area (Å²) in [5.74, 6) is 0.713. The molecule has 0 aromatic heterocycles. The Hall–Kier alpha value is -2.95. The summed E-state index contributed by atoms with van der Waals surface area (Å²) in [6.07, 6.45) is 3.11. The van der Waals surface area contributed by atoms with Crippen molar-refractivity contribution in [3.63, 3.8) is 0 Å². The number of rotatable bonds is 3. The van der Waals surface area contributed by atoms with E-state index in [2.05, 4.69) is 0 Å². The minimum absolute atomic E-state index is 0.0258. The fraction of sp³-hybridized carbons (Fsp3) is 0.211. The van der Waals surface area contributed by atoms with E-state index in [0.717, 1.165) is 17.7 Å². The van der Waals surface area contributed by atoms with E-state index in [0.29, 0.717) is 28.7 Å². The Balaban J connectivity index is 1.96. The average molecular weight is 323 g/mol. The van der Waals surface area contributed by atoms with Crippen LogP contribution in [-0.4, -0.2) is 17.8 Å². The van der Waals surface area contributed by atoms with Crippen molar-refractivity contribution in [1.29, 1.82) is 0 Å². The third-order valence-corrected chi connectivity index (χ3v) is 4.28. The first-order valence-corrected chi connectivity index (χ1v) is 7.67. The number of allylic oxidation sites excluding steroid dienone is 1. The minimum atomic E-state index is -0.401. The zero-order valence-corrected chi connectivity index (χ0v) is 13.5. The molecule has 3 rings (SSSR count). The van der Waals surface area contributed by atoms with Crippen LogP contribution in [0.25, 0.3) is 6.08 Å². The van der Waals surface area contributed by atoms with Gasteiger partial charge in [0.25, 0.3) is 5.69 Å². The maximum Gasteiger partial charge on any atom is 0.272 e. The van der Waals surface area contributed by atoms with Crippen molar-refractivity contribution in [2.75, 3.05) is 7.11 Å². The van der Waals surface area contributed by atoms with Gasteiger partial charge in [0.1, 0.15) is 5.75 Å². The zero-order valence-electron chi connectivity index (χ0n) is 13.5. The van der Waals surface area contributed by atoms with Crippen molar-refractivity contribution >= 4 is 17.5 Å². The molecule has 0 amide bonds. The predicted octanol–water partition coefficient (Wildman–Crippen LogP) is 4.12. The number of aryl methyl sites for hydroxylation is 2. The van der Waals surface area contributed by atoms with Gasteiger partial charge in [-0.05, 0) is 55.2 Å². The molecule has 0 aliphatic heterocycles. The third-order valence-electron chi connectivity index (χ3n) is 4.28. The summed E-state index contributed by atoms with van der Waals surface area (Å²) >= 11 is 0. The standard InChI is InChI=1S/C19H17NO4/c1-12-3-4-13(10-18(12)20(22)23)9-15-6-5-14-11-16(24-2)7-8-17(14)19(15)21/h3-4,7-11H,5-6H2,1-2H3/b15-9+. The number of Topliss-reactive ketones (excluding diaryl/α,β-unsaturated/α-hetero) is 1. The van der Waals surface area contributed by atoms with E-state index in [-0.39, 0.29) is 11.5 Å². The van der Waals surface area contributed by atoms with Crippen LogP contribution < -0.4 is 4.74 Å². The van der Waals surface area contributed by atoms with Gasteiger partial charge in [-0.2, -0.15) is 0 Å². The molecule has 0 heterocycles. The smallest absolute Gasteiger partial charge is 0.272 e. The SMILES string of the molecule is COc1ccc2c(c1)CC/C(=C\c1ccc(C)c([N+](=O)[O-])c1)C2=O. The highest BCUT2D eigenvalue weighted by atomic mass is 16.6. The Kier molecular flexibility index (Phi) is 4.16. The Morgan fingerprint density at radius 2 is 1.96 bits per heavy atom. The number of benzene rings is 2. The largest absolute Gasteiger partial charge is 0.497 e. The van der Waals surface area contributed by atoms with Gasteiger partial charge in [-0.25, -0.2) is 0 Å². The number of nitro benzene ring substituents is 1. The van der Waals surface area contributed by atoms with E-state index in [9.17, 15) is 14.9 Å². The fourth-order valence-corrected chi connectivity index (χ4v) is 2.93. The molecule has 2 aromatic carbocycles. The molecule has 0 fully saturated rings. The van der Waals surface area contributed by atoms with Gasteiger partial charge in [0.15, 0.2) is 5.78 Å². The van der Waals surface area contributed by atoms with E-state index in [4.69, 9.17) is 4.74 Å². The van der Waals surface area contributed by atoms with E-state index in [1.54, 1.807) is 44.4 Å². The molecule has 5 heteroatoms. The van der Waals surface area contributed by atoms with Gasteiger partial charge in [0.05, 0.1) is 12.0 Å². The molecule has 122 valence electrons. The van der Waals surface area contributed by atoms with Gasteiger partial charge in [-0.1, -0.05) is 12.1 Å². The number of carbonyl (C=O) groups excluding carboxylic acids is 1. The number of carbonyl (C=O) groups is 1. The lowest BCUT2D eigenvalue weighted by molar-refractivity contribution is -0.385. The maximum absolute atomic E-state index is 12.7. The van der Waals surface area contributed by atoms with Crippen molar-refractivity contribution in [3.8, 4) is 5.75 Å². The summed E-state index contributed by atoms with van der Waals surface area (Å²) in [5, 5.41) is 11.1. The highest BCUT2D eigenvalue weighted by molar-refractivity contribution is 6.13. The molecular weight excluding hydrogens is 306 g/mol. The van der Waals surface area contributed by atoms with Gasteiger partial charge >= 0.3 is 0 Å². The monoisotopic (exact) mass is 323 g/mol. The molecule has 0 bridgehead atoms. The highest BCUT2D eigenvalue weighted by Crippen LogP contribution is 2.30. The Bertz CT molecular complexity index is 868. The fourth-order valence-electron chi connectivity index (χ4n) is 2.93. The van der Waals surface area contributed by atoms with Crippen LogP contribution >= 0.6 is 0 Å². The van der Waals surface area contributed by atoms with E-state index in [1.807, 2.05) is 6.07 Å². The van der Waals surface area contributed by atoms with Gasteiger partial charge in [-0.15, -0.1) is 0 Å². The minimum Gasteiger partial charge on any atom is -0.497 e. The van der Waals surface area contributed by atoms with Gasteiger partial charge in [0, 0.05) is 22.8 Å². The van der Waals surface area contributed by atoms with E-state index >= 15 is 0 Å². The van der Waals surface area contributed by atoms with Crippen molar-refractivity contribution in [3.05, 3.63) is 74.3 Å². The number of ketones is 1. The van der Waals surface area contributed by atoms with Crippen molar-refractivity contribution in [1.82, 2.24) is 0 Å². The van der Waals surface area contributed by atoms with E-state index in [1.165, 1.54) is 6.07 Å². The topological polar surface area (TPSA) is 69.4 Å². The normalized spacial score (nSPS) is 15.2. The number of methoxy groups -OCH3 is 1. The summed E-state index contributed by atoms with van der Waals surface area (Å²) in [6, 6.07) is 10.5. The second kappa shape index (κ2) is 6.28. The van der Waals surface area contributed by atoms with Crippen molar-refractivity contribution in [2.45, 2.75) is 19.8 Å². The molecule has 1 aliphatic rings. The number of hydrogen-bond acceptors (Lipinski definition) is 4. The zero-order chi connectivity index (χ0) is 17.3. The van der Waals surface area contributed by atoms with Crippen LogP contribution in [-0.2, 0) is 6.42 Å². The molecule has 0 atom stereocenters.